The van der Waals surface area contributed by atoms with Gasteiger partial charge in [-0.05, 0) is 18.1 Å². The number of nitriles is 1. The molecule has 2 unspecified atom stereocenters. The molecule has 2 heterocycles. The van der Waals surface area contributed by atoms with E-state index in [1.807, 2.05) is 24.3 Å². The van der Waals surface area contributed by atoms with Crippen LogP contribution in [0, 0.1) is 16.7 Å². The van der Waals surface area contributed by atoms with Gasteiger partial charge >= 0.3 is 0 Å². The van der Waals surface area contributed by atoms with E-state index < -0.39 is 20.9 Å². The molecule has 5 nitrogen and oxygen atoms in total. The van der Waals surface area contributed by atoms with Gasteiger partial charge in [-0.1, -0.05) is 18.2 Å². The summed E-state index contributed by atoms with van der Waals surface area (Å²) < 4.78 is 29.0. The van der Waals surface area contributed by atoms with Crippen LogP contribution in [0.3, 0.4) is 0 Å². The fourth-order valence-corrected chi connectivity index (χ4v) is 4.99. The molecule has 2 aliphatic rings. The van der Waals surface area contributed by atoms with E-state index in [9.17, 15) is 18.8 Å². The number of hydrogen-bond donors (Lipinski definition) is 1. The van der Waals surface area contributed by atoms with Gasteiger partial charge < -0.3 is 9.84 Å². The molecule has 1 aromatic rings. The largest absolute Gasteiger partial charge is 0.492 e. The Bertz CT molecular complexity index is 693. The van der Waals surface area contributed by atoms with Crippen LogP contribution in [0.1, 0.15) is 12.0 Å². The van der Waals surface area contributed by atoms with Gasteiger partial charge in [-0.2, -0.15) is 5.26 Å². The third kappa shape index (κ3) is 1.89. The van der Waals surface area contributed by atoms with Crippen LogP contribution in [0.5, 0.6) is 5.75 Å². The Morgan fingerprint density at radius 3 is 2.75 bits per heavy atom. The Morgan fingerprint density at radius 1 is 1.35 bits per heavy atom. The van der Waals surface area contributed by atoms with Crippen molar-refractivity contribution in [2.24, 2.45) is 5.41 Å². The summed E-state index contributed by atoms with van der Waals surface area (Å²) in [5, 5.41) is 20.3. The Labute approximate surface area is 117 Å². The van der Waals surface area contributed by atoms with E-state index in [0.717, 1.165) is 5.56 Å². The van der Waals surface area contributed by atoms with Crippen molar-refractivity contribution in [1.82, 2.24) is 0 Å². The van der Waals surface area contributed by atoms with Crippen molar-refractivity contribution >= 4 is 9.84 Å². The van der Waals surface area contributed by atoms with Crippen LogP contribution < -0.4 is 4.74 Å². The maximum Gasteiger partial charge on any atom is 0.153 e. The summed E-state index contributed by atoms with van der Waals surface area (Å²) in [6.07, 6.45) is 0.403. The van der Waals surface area contributed by atoms with Crippen LogP contribution in [0.4, 0.5) is 0 Å². The summed E-state index contributed by atoms with van der Waals surface area (Å²) in [6.45, 7) is 0.0204. The molecule has 2 aliphatic heterocycles. The predicted octanol–water partition coefficient (Wildman–Crippen LogP) is 0.681. The highest BCUT2D eigenvalue weighted by Crippen LogP contribution is 2.46. The van der Waals surface area contributed by atoms with Gasteiger partial charge in [0.05, 0.1) is 17.6 Å². The first-order valence-electron chi connectivity index (χ1n) is 6.45. The third-order valence-corrected chi connectivity index (χ3v) is 6.07. The third-order valence-electron chi connectivity index (χ3n) is 4.33. The zero-order valence-corrected chi connectivity index (χ0v) is 11.7. The molecular weight excluding hydrogens is 278 g/mol. The molecule has 106 valence electrons. The Hall–Kier alpha value is -1.58. The number of rotatable bonds is 1. The lowest BCUT2D eigenvalue weighted by molar-refractivity contribution is -0.0604. The molecular formula is C14H15NO4S. The molecule has 0 aromatic heterocycles. The summed E-state index contributed by atoms with van der Waals surface area (Å²) >= 11 is 0. The first-order chi connectivity index (χ1) is 9.40. The number of nitrogens with zero attached hydrogens (tertiary/aromatic N) is 1. The van der Waals surface area contributed by atoms with Crippen molar-refractivity contribution in [3.8, 4) is 11.8 Å². The van der Waals surface area contributed by atoms with Gasteiger partial charge in [-0.15, -0.1) is 0 Å². The molecule has 0 spiro atoms. The van der Waals surface area contributed by atoms with Crippen molar-refractivity contribution in [2.75, 3.05) is 18.1 Å². The maximum atomic E-state index is 11.7. The summed E-state index contributed by atoms with van der Waals surface area (Å²) in [5.41, 5.74) is -1.91. The second-order valence-electron chi connectivity index (χ2n) is 5.64. The van der Waals surface area contributed by atoms with Crippen molar-refractivity contribution in [1.29, 1.82) is 5.26 Å². The number of aliphatic hydroxyl groups is 1. The highest BCUT2D eigenvalue weighted by atomic mass is 32.2. The number of ether oxygens (including phenoxy) is 1. The molecule has 3 rings (SSSR count). The summed E-state index contributed by atoms with van der Waals surface area (Å²) in [5.74, 6) is 0.260. The number of benzene rings is 1. The Kier molecular flexibility index (Phi) is 2.82. The lowest BCUT2D eigenvalue weighted by atomic mass is 9.68. The smallest absolute Gasteiger partial charge is 0.153 e. The predicted molar refractivity (Wildman–Crippen MR) is 71.9 cm³/mol. The van der Waals surface area contributed by atoms with Gasteiger partial charge in [-0.3, -0.25) is 0 Å². The highest BCUT2D eigenvalue weighted by Gasteiger charge is 2.58. The molecule has 2 atom stereocenters. The lowest BCUT2D eigenvalue weighted by Crippen LogP contribution is -2.54. The van der Waals surface area contributed by atoms with Crippen LogP contribution in [-0.4, -0.2) is 37.2 Å². The molecule has 1 N–H and O–H groups in total. The van der Waals surface area contributed by atoms with Crippen LogP contribution in [0.25, 0.3) is 0 Å². The monoisotopic (exact) mass is 293 g/mol. The van der Waals surface area contributed by atoms with E-state index in [1.165, 1.54) is 0 Å². The van der Waals surface area contributed by atoms with Crippen LogP contribution >= 0.6 is 0 Å². The molecule has 0 bridgehead atoms. The topological polar surface area (TPSA) is 87.4 Å². The highest BCUT2D eigenvalue weighted by molar-refractivity contribution is 7.91. The summed E-state index contributed by atoms with van der Waals surface area (Å²) in [7, 11) is -3.29. The number of para-hydroxylation sites is 1. The molecule has 0 radical (unpaired) electrons. The van der Waals surface area contributed by atoms with Gasteiger partial charge in [0.25, 0.3) is 0 Å². The van der Waals surface area contributed by atoms with E-state index in [1.54, 1.807) is 0 Å². The maximum absolute atomic E-state index is 11.7. The second-order valence-corrected chi connectivity index (χ2v) is 7.82. The average molecular weight is 293 g/mol. The lowest BCUT2D eigenvalue weighted by Gasteiger charge is -2.42. The molecule has 0 saturated carbocycles. The molecule has 20 heavy (non-hydrogen) atoms. The minimum Gasteiger partial charge on any atom is -0.492 e. The van der Waals surface area contributed by atoms with Gasteiger partial charge in [-0.25, -0.2) is 8.42 Å². The average Bonchev–Trinajstić information content (AvgIpc) is 2.73. The first kappa shape index (κ1) is 13.4. The van der Waals surface area contributed by atoms with E-state index in [0.29, 0.717) is 12.2 Å². The molecule has 1 aromatic carbocycles. The van der Waals surface area contributed by atoms with Gasteiger partial charge in [0, 0.05) is 6.42 Å². The minimum absolute atomic E-state index is 0.0204. The van der Waals surface area contributed by atoms with Crippen LogP contribution in [-0.2, 0) is 16.3 Å². The van der Waals surface area contributed by atoms with E-state index in [4.69, 9.17) is 4.74 Å². The molecule has 1 fully saturated rings. The van der Waals surface area contributed by atoms with Crippen LogP contribution in [0.2, 0.25) is 0 Å². The summed E-state index contributed by atoms with van der Waals surface area (Å²) in [6, 6.07) is 9.47. The van der Waals surface area contributed by atoms with Gasteiger partial charge in [0.2, 0.25) is 0 Å². The number of fused-ring (bicyclic) bond motifs is 1. The Morgan fingerprint density at radius 2 is 2.10 bits per heavy atom. The van der Waals surface area contributed by atoms with E-state index in [2.05, 4.69) is 6.07 Å². The fourth-order valence-electron chi connectivity index (χ4n) is 3.05. The van der Waals surface area contributed by atoms with Crippen molar-refractivity contribution < 1.29 is 18.3 Å². The van der Waals surface area contributed by atoms with E-state index >= 15 is 0 Å². The zero-order valence-electron chi connectivity index (χ0n) is 10.9. The van der Waals surface area contributed by atoms with Crippen molar-refractivity contribution in [3.05, 3.63) is 29.8 Å². The quantitative estimate of drug-likeness (QED) is 0.822. The van der Waals surface area contributed by atoms with E-state index in [-0.39, 0.29) is 24.5 Å². The fraction of sp³-hybridized carbons (Fsp3) is 0.500. The zero-order chi connectivity index (χ0) is 14.4. The standard InChI is InChI=1S/C14H15NO4S/c15-8-13(14(16)5-6-20(17,18)10-14)7-11-3-1-2-4-12(11)19-9-13/h1-4,16H,5-7,9-10H2. The normalized spacial score (nSPS) is 34.8. The summed E-state index contributed by atoms with van der Waals surface area (Å²) in [4.78, 5) is 0. The van der Waals surface area contributed by atoms with Gasteiger partial charge in [0.1, 0.15) is 23.4 Å². The first-order valence-corrected chi connectivity index (χ1v) is 8.27. The second kappa shape index (κ2) is 4.21. The van der Waals surface area contributed by atoms with Gasteiger partial charge in [0.15, 0.2) is 9.84 Å². The number of hydrogen-bond acceptors (Lipinski definition) is 5. The van der Waals surface area contributed by atoms with Crippen molar-refractivity contribution in [3.63, 3.8) is 0 Å². The Balaban J connectivity index is 2.01. The molecule has 1 saturated heterocycles. The number of sulfone groups is 1. The van der Waals surface area contributed by atoms with Crippen molar-refractivity contribution in [2.45, 2.75) is 18.4 Å². The SMILES string of the molecule is N#CC1(C2(O)CCS(=O)(=O)C2)COc2ccccc2C1. The van der Waals surface area contributed by atoms with Crippen LogP contribution in [0.15, 0.2) is 24.3 Å². The molecule has 0 amide bonds. The molecule has 0 aliphatic carbocycles. The molecule has 6 heteroatoms. The minimum atomic E-state index is -3.29.